The van der Waals surface area contributed by atoms with Crippen molar-refractivity contribution in [3.8, 4) is 11.5 Å². The Kier molecular flexibility index (Phi) is 8.35. The van der Waals surface area contributed by atoms with Crippen LogP contribution in [0.15, 0.2) is 77.8 Å². The molecule has 0 amide bonds. The molecule has 9 heteroatoms. The van der Waals surface area contributed by atoms with Crippen LogP contribution in [-0.4, -0.2) is 35.9 Å². The van der Waals surface area contributed by atoms with Crippen molar-refractivity contribution in [3.63, 3.8) is 0 Å². The van der Waals surface area contributed by atoms with Gasteiger partial charge in [-0.05, 0) is 53.6 Å². The lowest BCUT2D eigenvalue weighted by molar-refractivity contribution is -0.384. The molecule has 0 aromatic heterocycles. The summed E-state index contributed by atoms with van der Waals surface area (Å²) >= 11 is 0. The summed E-state index contributed by atoms with van der Waals surface area (Å²) in [6.45, 7) is 0.842. The first kappa shape index (κ1) is 25.7. The molecule has 1 aliphatic heterocycles. The number of Topliss-reactive ketones (excluding diaryl/α,β-unsaturated/α-hetero) is 1. The first-order valence-electron chi connectivity index (χ1n) is 12.2. The smallest absolute Gasteiger partial charge is 0.269 e. The minimum Gasteiger partial charge on any atom is -0.493 e. The SMILES string of the molecule is NC(N)=NCCc1ccc(OCCC2Oc3ccccc3C(Cc3cccc([N+](=O)[O-])c3)CC2=O)cc1. The maximum Gasteiger partial charge on any atom is 0.269 e. The topological polar surface area (TPSA) is 143 Å². The van der Waals surface area contributed by atoms with Crippen molar-refractivity contribution in [2.75, 3.05) is 13.2 Å². The van der Waals surface area contributed by atoms with Crippen molar-refractivity contribution < 1.29 is 19.2 Å². The van der Waals surface area contributed by atoms with E-state index in [4.69, 9.17) is 20.9 Å². The third kappa shape index (κ3) is 7.07. The summed E-state index contributed by atoms with van der Waals surface area (Å²) in [7, 11) is 0. The molecule has 37 heavy (non-hydrogen) atoms. The minimum atomic E-state index is -0.630. The second-order valence-corrected chi connectivity index (χ2v) is 8.98. The van der Waals surface area contributed by atoms with Crippen LogP contribution in [0.5, 0.6) is 11.5 Å². The van der Waals surface area contributed by atoms with Gasteiger partial charge in [-0.15, -0.1) is 0 Å². The largest absolute Gasteiger partial charge is 0.493 e. The number of hydrogen-bond acceptors (Lipinski definition) is 6. The van der Waals surface area contributed by atoms with E-state index in [0.717, 1.165) is 23.1 Å². The van der Waals surface area contributed by atoms with Gasteiger partial charge in [-0.3, -0.25) is 19.9 Å². The van der Waals surface area contributed by atoms with Crippen molar-refractivity contribution in [2.24, 2.45) is 16.5 Å². The third-order valence-electron chi connectivity index (χ3n) is 6.31. The van der Waals surface area contributed by atoms with Crippen LogP contribution in [0.4, 0.5) is 5.69 Å². The number of nitrogens with zero attached hydrogens (tertiary/aromatic N) is 2. The fourth-order valence-corrected chi connectivity index (χ4v) is 4.46. The van der Waals surface area contributed by atoms with Gasteiger partial charge in [0.1, 0.15) is 11.5 Å². The number of ketones is 1. The van der Waals surface area contributed by atoms with Crippen LogP contribution in [0.3, 0.4) is 0 Å². The number of nitro groups is 1. The van der Waals surface area contributed by atoms with Crippen LogP contribution in [-0.2, 0) is 17.6 Å². The Morgan fingerprint density at radius 3 is 2.59 bits per heavy atom. The van der Waals surface area contributed by atoms with Gasteiger partial charge in [-0.2, -0.15) is 0 Å². The summed E-state index contributed by atoms with van der Waals surface area (Å²) in [5.74, 6) is 1.30. The van der Waals surface area contributed by atoms with Gasteiger partial charge in [-0.1, -0.05) is 42.5 Å². The fraction of sp³-hybridized carbons (Fsp3) is 0.286. The molecule has 4 rings (SSSR count). The Labute approximate surface area is 215 Å². The number of nitrogens with two attached hydrogens (primary N) is 2. The number of nitro benzene ring substituents is 1. The number of fused-ring (bicyclic) bond motifs is 1. The predicted molar refractivity (Wildman–Crippen MR) is 141 cm³/mol. The highest BCUT2D eigenvalue weighted by Gasteiger charge is 2.31. The first-order valence-corrected chi connectivity index (χ1v) is 12.2. The molecule has 192 valence electrons. The average molecular weight is 503 g/mol. The molecule has 0 saturated carbocycles. The molecule has 0 fully saturated rings. The Morgan fingerprint density at radius 2 is 1.84 bits per heavy atom. The van der Waals surface area contributed by atoms with Crippen molar-refractivity contribution in [1.29, 1.82) is 0 Å². The fourth-order valence-electron chi connectivity index (χ4n) is 4.46. The highest BCUT2D eigenvalue weighted by molar-refractivity contribution is 5.85. The van der Waals surface area contributed by atoms with Crippen molar-refractivity contribution in [3.05, 3.63) is 99.6 Å². The Morgan fingerprint density at radius 1 is 1.05 bits per heavy atom. The van der Waals surface area contributed by atoms with Crippen LogP contribution in [0.1, 0.15) is 35.4 Å². The summed E-state index contributed by atoms with van der Waals surface area (Å²) in [5.41, 5.74) is 13.6. The maximum absolute atomic E-state index is 13.2. The van der Waals surface area contributed by atoms with E-state index in [9.17, 15) is 14.9 Å². The number of benzene rings is 3. The quantitative estimate of drug-likeness (QED) is 0.185. The molecule has 1 aliphatic rings. The first-order chi connectivity index (χ1) is 17.9. The molecule has 9 nitrogen and oxygen atoms in total. The molecular formula is C28H30N4O5. The zero-order chi connectivity index (χ0) is 26.2. The lowest BCUT2D eigenvalue weighted by Gasteiger charge is -2.17. The Hall–Kier alpha value is -4.40. The van der Waals surface area contributed by atoms with Crippen LogP contribution in [0.2, 0.25) is 0 Å². The van der Waals surface area contributed by atoms with Gasteiger partial charge in [0, 0.05) is 31.5 Å². The lowest BCUT2D eigenvalue weighted by atomic mass is 9.87. The van der Waals surface area contributed by atoms with E-state index in [-0.39, 0.29) is 29.8 Å². The molecule has 0 bridgehead atoms. The summed E-state index contributed by atoms with van der Waals surface area (Å²) in [6.07, 6.45) is 1.29. The molecule has 0 saturated heterocycles. The van der Waals surface area contributed by atoms with Crippen LogP contribution >= 0.6 is 0 Å². The van der Waals surface area contributed by atoms with E-state index in [0.29, 0.717) is 37.5 Å². The van der Waals surface area contributed by atoms with Gasteiger partial charge in [0.2, 0.25) is 0 Å². The standard InChI is InChI=1S/C28H30N4O5/c29-28(30)31-14-12-19-8-10-23(11-9-19)36-15-13-27-25(33)18-21(24-6-1-2-7-26(24)37-27)16-20-4-3-5-22(17-20)32(34)35/h1-11,17,21,27H,12-16,18H2,(H4,29,30,31). The number of para-hydroxylation sites is 1. The molecule has 4 N–H and O–H groups in total. The third-order valence-corrected chi connectivity index (χ3v) is 6.31. The maximum atomic E-state index is 13.2. The van der Waals surface area contributed by atoms with Gasteiger partial charge in [0.05, 0.1) is 11.5 Å². The Balaban J connectivity index is 1.38. The van der Waals surface area contributed by atoms with Gasteiger partial charge in [-0.25, -0.2) is 0 Å². The van der Waals surface area contributed by atoms with Crippen molar-refractivity contribution >= 4 is 17.4 Å². The number of non-ortho nitro benzene ring substituents is 1. The zero-order valence-electron chi connectivity index (χ0n) is 20.4. The number of carbonyl (C=O) groups is 1. The predicted octanol–water partition coefficient (Wildman–Crippen LogP) is 3.93. The zero-order valence-corrected chi connectivity index (χ0v) is 20.4. The lowest BCUT2D eigenvalue weighted by Crippen LogP contribution is -2.28. The van der Waals surface area contributed by atoms with Crippen LogP contribution < -0.4 is 20.9 Å². The highest BCUT2D eigenvalue weighted by Crippen LogP contribution is 2.36. The van der Waals surface area contributed by atoms with E-state index in [1.807, 2.05) is 54.6 Å². The molecule has 2 unspecified atom stereocenters. The molecule has 0 aliphatic carbocycles. The van der Waals surface area contributed by atoms with Gasteiger partial charge < -0.3 is 20.9 Å². The van der Waals surface area contributed by atoms with E-state index >= 15 is 0 Å². The van der Waals surface area contributed by atoms with Gasteiger partial charge in [0.25, 0.3) is 5.69 Å². The number of guanidine groups is 1. The van der Waals surface area contributed by atoms with Crippen LogP contribution in [0, 0.1) is 10.1 Å². The number of rotatable bonds is 10. The summed E-state index contributed by atoms with van der Waals surface area (Å²) in [5, 5.41) is 11.2. The van der Waals surface area contributed by atoms with Gasteiger partial charge >= 0.3 is 0 Å². The van der Waals surface area contributed by atoms with Crippen LogP contribution in [0.25, 0.3) is 0 Å². The van der Waals surface area contributed by atoms with Gasteiger partial charge in [0.15, 0.2) is 17.8 Å². The molecule has 2 atom stereocenters. The number of carbonyl (C=O) groups excluding carboxylic acids is 1. The van der Waals surface area contributed by atoms with Crippen molar-refractivity contribution in [1.82, 2.24) is 0 Å². The normalized spacial score (nSPS) is 16.7. The highest BCUT2D eigenvalue weighted by atomic mass is 16.6. The molecule has 3 aromatic rings. The molecular weight excluding hydrogens is 472 g/mol. The molecule has 3 aromatic carbocycles. The molecule has 0 spiro atoms. The summed E-state index contributed by atoms with van der Waals surface area (Å²) < 4.78 is 12.0. The summed E-state index contributed by atoms with van der Waals surface area (Å²) in [4.78, 5) is 27.9. The molecule has 1 heterocycles. The number of aliphatic imine (C=N–C) groups is 1. The average Bonchev–Trinajstić information content (AvgIpc) is 3.01. The van der Waals surface area contributed by atoms with E-state index in [1.54, 1.807) is 12.1 Å². The number of ether oxygens (including phenoxy) is 2. The second kappa shape index (κ2) is 12.0. The van der Waals surface area contributed by atoms with Crippen molar-refractivity contribution in [2.45, 2.75) is 37.7 Å². The number of hydrogen-bond donors (Lipinski definition) is 2. The Bertz CT molecular complexity index is 1270. The second-order valence-electron chi connectivity index (χ2n) is 8.98. The van der Waals surface area contributed by atoms with E-state index in [2.05, 4.69) is 4.99 Å². The monoisotopic (exact) mass is 502 g/mol. The molecule has 0 radical (unpaired) electrons. The summed E-state index contributed by atoms with van der Waals surface area (Å²) in [6, 6.07) is 21.8. The van der Waals surface area contributed by atoms with E-state index in [1.165, 1.54) is 6.07 Å². The minimum absolute atomic E-state index is 0.00897. The van der Waals surface area contributed by atoms with E-state index < -0.39 is 11.0 Å².